The Morgan fingerprint density at radius 1 is 1.38 bits per heavy atom. The first-order chi connectivity index (χ1) is 10.2. The molecule has 0 aliphatic heterocycles. The molecule has 0 radical (unpaired) electrons. The van der Waals surface area contributed by atoms with Gasteiger partial charge in [0.2, 0.25) is 0 Å². The molecular formula is C17H25N3O. The molecule has 0 fully saturated rings. The van der Waals surface area contributed by atoms with Gasteiger partial charge in [-0.3, -0.25) is 0 Å². The number of hydrogen-bond acceptors (Lipinski definition) is 3. The van der Waals surface area contributed by atoms with Crippen LogP contribution < -0.4 is 10.1 Å². The normalized spacial score (nSPS) is 12.3. The Bertz CT molecular complexity index is 550. The van der Waals surface area contributed by atoms with Crippen molar-refractivity contribution in [3.05, 3.63) is 48.0 Å². The lowest BCUT2D eigenvalue weighted by molar-refractivity contribution is 0.287. The Morgan fingerprint density at radius 2 is 2.24 bits per heavy atom. The first-order valence-electron chi connectivity index (χ1n) is 7.59. The van der Waals surface area contributed by atoms with Gasteiger partial charge in [-0.25, -0.2) is 4.98 Å². The summed E-state index contributed by atoms with van der Waals surface area (Å²) in [5, 5.41) is 3.36. The average Bonchev–Trinajstić information content (AvgIpc) is 2.93. The molecule has 1 N–H and O–H groups in total. The van der Waals surface area contributed by atoms with Crippen molar-refractivity contribution < 1.29 is 4.74 Å². The molecule has 2 rings (SSSR count). The molecule has 4 heteroatoms. The minimum absolute atomic E-state index is 0.377. The predicted molar refractivity (Wildman–Crippen MR) is 85.7 cm³/mol. The maximum Gasteiger partial charge on any atom is 0.119 e. The van der Waals surface area contributed by atoms with Crippen molar-refractivity contribution in [3.8, 4) is 5.75 Å². The Kier molecular flexibility index (Phi) is 5.81. The maximum absolute atomic E-state index is 5.83. The van der Waals surface area contributed by atoms with Gasteiger partial charge in [-0.1, -0.05) is 12.1 Å². The fourth-order valence-electron chi connectivity index (χ4n) is 2.41. The zero-order valence-corrected chi connectivity index (χ0v) is 13.2. The molecular weight excluding hydrogens is 262 g/mol. The van der Waals surface area contributed by atoms with Gasteiger partial charge >= 0.3 is 0 Å². The fourth-order valence-corrected chi connectivity index (χ4v) is 2.41. The average molecular weight is 287 g/mol. The van der Waals surface area contributed by atoms with Crippen LogP contribution in [0.2, 0.25) is 0 Å². The van der Waals surface area contributed by atoms with Crippen molar-refractivity contribution in [2.75, 3.05) is 13.7 Å². The van der Waals surface area contributed by atoms with Crippen LogP contribution >= 0.6 is 0 Å². The molecule has 0 saturated carbocycles. The minimum Gasteiger partial charge on any atom is -0.494 e. The van der Waals surface area contributed by atoms with Gasteiger partial charge in [-0.2, -0.15) is 0 Å². The summed E-state index contributed by atoms with van der Waals surface area (Å²) in [7, 11) is 2.00. The van der Waals surface area contributed by atoms with Crippen molar-refractivity contribution in [3.63, 3.8) is 0 Å². The number of nitrogens with zero attached hydrogens (tertiary/aromatic N) is 2. The molecule has 4 nitrogen and oxygen atoms in total. The molecule has 1 aromatic carbocycles. The van der Waals surface area contributed by atoms with Crippen molar-refractivity contribution in [1.29, 1.82) is 0 Å². The quantitative estimate of drug-likeness (QED) is 0.811. The van der Waals surface area contributed by atoms with E-state index in [1.54, 1.807) is 0 Å². The van der Waals surface area contributed by atoms with E-state index in [4.69, 9.17) is 4.74 Å². The van der Waals surface area contributed by atoms with Crippen molar-refractivity contribution in [2.24, 2.45) is 0 Å². The summed E-state index contributed by atoms with van der Waals surface area (Å²) >= 11 is 0. The van der Waals surface area contributed by atoms with E-state index in [2.05, 4.69) is 40.8 Å². The van der Waals surface area contributed by atoms with Gasteiger partial charge in [0.05, 0.1) is 6.61 Å². The van der Waals surface area contributed by atoms with E-state index in [0.717, 1.165) is 31.0 Å². The summed E-state index contributed by atoms with van der Waals surface area (Å²) in [4.78, 5) is 4.43. The van der Waals surface area contributed by atoms with Gasteiger partial charge in [-0.15, -0.1) is 0 Å². The molecule has 21 heavy (non-hydrogen) atoms. The van der Waals surface area contributed by atoms with Crippen LogP contribution in [0.5, 0.6) is 5.75 Å². The third-order valence-electron chi connectivity index (χ3n) is 3.70. The lowest BCUT2D eigenvalue weighted by Gasteiger charge is -2.17. The Morgan fingerprint density at radius 3 is 2.95 bits per heavy atom. The second-order valence-corrected chi connectivity index (χ2v) is 5.27. The van der Waals surface area contributed by atoms with E-state index in [0.29, 0.717) is 12.6 Å². The second-order valence-electron chi connectivity index (χ2n) is 5.27. The van der Waals surface area contributed by atoms with E-state index >= 15 is 0 Å². The van der Waals surface area contributed by atoms with Crippen molar-refractivity contribution >= 4 is 0 Å². The van der Waals surface area contributed by atoms with Gasteiger partial charge in [-0.05, 0) is 45.0 Å². The van der Waals surface area contributed by atoms with Crippen LogP contribution in [0.3, 0.4) is 0 Å². The largest absolute Gasteiger partial charge is 0.494 e. The SMILES string of the molecule is CCn1ccnc1CC(CCOc1cccc(C)c1)NC. The third kappa shape index (κ3) is 4.60. The summed E-state index contributed by atoms with van der Waals surface area (Å²) in [6, 6.07) is 8.55. The number of hydrogen-bond donors (Lipinski definition) is 1. The van der Waals surface area contributed by atoms with Gasteiger partial charge in [0.1, 0.15) is 11.6 Å². The first kappa shape index (κ1) is 15.6. The summed E-state index contributed by atoms with van der Waals surface area (Å²) in [6.45, 7) is 5.89. The predicted octanol–water partition coefficient (Wildman–Crippen LogP) is 2.81. The maximum atomic E-state index is 5.83. The lowest BCUT2D eigenvalue weighted by atomic mass is 10.1. The lowest BCUT2D eigenvalue weighted by Crippen LogP contribution is -2.30. The zero-order valence-electron chi connectivity index (χ0n) is 13.2. The standard InChI is InChI=1S/C17H25N3O/c1-4-20-10-9-19-17(20)13-15(18-3)8-11-21-16-7-5-6-14(2)12-16/h5-7,9-10,12,15,18H,4,8,11,13H2,1-3H3. The van der Waals surface area contributed by atoms with E-state index in [1.807, 2.05) is 31.6 Å². The summed E-state index contributed by atoms with van der Waals surface area (Å²) in [5.74, 6) is 2.08. The molecule has 2 aromatic rings. The molecule has 114 valence electrons. The first-order valence-corrected chi connectivity index (χ1v) is 7.59. The van der Waals surface area contributed by atoms with E-state index in [-0.39, 0.29) is 0 Å². The smallest absolute Gasteiger partial charge is 0.119 e. The number of ether oxygens (including phenoxy) is 1. The Hall–Kier alpha value is -1.81. The van der Waals surface area contributed by atoms with Gasteiger partial charge in [0, 0.05) is 31.4 Å². The summed E-state index contributed by atoms with van der Waals surface area (Å²) in [6.07, 6.45) is 5.79. The molecule has 0 saturated heterocycles. The number of likely N-dealkylation sites (N-methyl/N-ethyl adjacent to an activating group) is 1. The zero-order chi connectivity index (χ0) is 15.1. The molecule has 0 aliphatic rings. The van der Waals surface area contributed by atoms with Gasteiger partial charge in [0.25, 0.3) is 0 Å². The van der Waals surface area contributed by atoms with E-state index in [9.17, 15) is 0 Å². The highest BCUT2D eigenvalue weighted by molar-refractivity contribution is 5.27. The topological polar surface area (TPSA) is 39.1 Å². The molecule has 1 heterocycles. The molecule has 0 amide bonds. The Balaban J connectivity index is 1.82. The molecule has 1 atom stereocenters. The highest BCUT2D eigenvalue weighted by Gasteiger charge is 2.11. The molecule has 0 bridgehead atoms. The van der Waals surface area contributed by atoms with Crippen LogP contribution in [0.25, 0.3) is 0 Å². The molecule has 0 spiro atoms. The third-order valence-corrected chi connectivity index (χ3v) is 3.70. The Labute approximate surface area is 127 Å². The molecule has 1 unspecified atom stereocenters. The van der Waals surface area contributed by atoms with Crippen LogP contribution in [0.15, 0.2) is 36.7 Å². The van der Waals surface area contributed by atoms with Crippen LogP contribution in [0.4, 0.5) is 0 Å². The van der Waals surface area contributed by atoms with Crippen LogP contribution in [0, 0.1) is 6.92 Å². The molecule has 0 aliphatic carbocycles. The number of aryl methyl sites for hydroxylation is 2. The van der Waals surface area contributed by atoms with Crippen LogP contribution in [0.1, 0.15) is 24.7 Å². The molecule has 1 aromatic heterocycles. The number of rotatable bonds is 8. The fraction of sp³-hybridized carbons (Fsp3) is 0.471. The monoisotopic (exact) mass is 287 g/mol. The van der Waals surface area contributed by atoms with Gasteiger partial charge in [0.15, 0.2) is 0 Å². The highest BCUT2D eigenvalue weighted by Crippen LogP contribution is 2.13. The highest BCUT2D eigenvalue weighted by atomic mass is 16.5. The minimum atomic E-state index is 0.377. The summed E-state index contributed by atoms with van der Waals surface area (Å²) in [5.41, 5.74) is 1.22. The number of benzene rings is 1. The van der Waals surface area contributed by atoms with E-state index < -0.39 is 0 Å². The number of aromatic nitrogens is 2. The van der Waals surface area contributed by atoms with Crippen molar-refractivity contribution in [2.45, 2.75) is 39.3 Å². The summed E-state index contributed by atoms with van der Waals surface area (Å²) < 4.78 is 8.01. The van der Waals surface area contributed by atoms with Crippen LogP contribution in [-0.2, 0) is 13.0 Å². The number of nitrogens with one attached hydrogen (secondary N) is 1. The second kappa shape index (κ2) is 7.84. The number of imidazole rings is 1. The van der Waals surface area contributed by atoms with Crippen LogP contribution in [-0.4, -0.2) is 29.2 Å². The van der Waals surface area contributed by atoms with Gasteiger partial charge < -0.3 is 14.6 Å². The van der Waals surface area contributed by atoms with E-state index in [1.165, 1.54) is 5.56 Å². The van der Waals surface area contributed by atoms with Crippen molar-refractivity contribution in [1.82, 2.24) is 14.9 Å².